The number of benzene rings is 1. The normalized spacial score (nSPS) is 15.0. The highest BCUT2D eigenvalue weighted by molar-refractivity contribution is 7.89. The highest BCUT2D eigenvalue weighted by Gasteiger charge is 2.23. The lowest BCUT2D eigenvalue weighted by Crippen LogP contribution is -2.30. The van der Waals surface area contributed by atoms with Crippen molar-refractivity contribution in [1.82, 2.24) is 9.62 Å². The van der Waals surface area contributed by atoms with Crippen molar-refractivity contribution in [3.05, 3.63) is 29.8 Å². The van der Waals surface area contributed by atoms with Crippen molar-refractivity contribution in [1.29, 1.82) is 0 Å². The summed E-state index contributed by atoms with van der Waals surface area (Å²) in [6.45, 7) is 4.58. The number of nitrogens with zero attached hydrogens (tertiary/aromatic N) is 1. The number of carbonyl (C=O) groups excluding carboxylic acids is 1. The molecule has 2 rings (SSSR count). The topological polar surface area (TPSA) is 66.5 Å². The van der Waals surface area contributed by atoms with E-state index in [1.165, 1.54) is 4.31 Å². The van der Waals surface area contributed by atoms with Gasteiger partial charge >= 0.3 is 0 Å². The third kappa shape index (κ3) is 4.30. The second kappa shape index (κ2) is 7.24. The van der Waals surface area contributed by atoms with Crippen molar-refractivity contribution in [2.45, 2.75) is 50.5 Å². The molecular formula is C16H24N2O3S. The highest BCUT2D eigenvalue weighted by Crippen LogP contribution is 2.19. The van der Waals surface area contributed by atoms with Crippen LogP contribution in [-0.2, 0) is 21.2 Å². The Balaban J connectivity index is 1.95. The van der Waals surface area contributed by atoms with Gasteiger partial charge in [0, 0.05) is 25.6 Å². The molecule has 0 aliphatic heterocycles. The van der Waals surface area contributed by atoms with Gasteiger partial charge in [-0.25, -0.2) is 8.42 Å². The first-order valence-electron chi connectivity index (χ1n) is 7.85. The Labute approximate surface area is 132 Å². The van der Waals surface area contributed by atoms with Gasteiger partial charge in [0.15, 0.2) is 0 Å². The van der Waals surface area contributed by atoms with Crippen LogP contribution >= 0.6 is 0 Å². The van der Waals surface area contributed by atoms with Crippen LogP contribution in [0, 0.1) is 0 Å². The minimum Gasteiger partial charge on any atom is -0.353 e. The van der Waals surface area contributed by atoms with Crippen LogP contribution in [0.5, 0.6) is 0 Å². The summed E-state index contributed by atoms with van der Waals surface area (Å²) in [4.78, 5) is 12.0. The standard InChI is InChI=1S/C16H24N2O3S/c1-3-18(4-2)22(20,21)15-10-5-13(6-11-15)7-12-16(19)17-14-8-9-14/h5-6,10-11,14H,3-4,7-9,12H2,1-2H3,(H,17,19). The highest BCUT2D eigenvalue weighted by atomic mass is 32.2. The van der Waals surface area contributed by atoms with Crippen LogP contribution < -0.4 is 5.32 Å². The first-order valence-corrected chi connectivity index (χ1v) is 9.29. The molecule has 1 amide bonds. The number of rotatable bonds is 8. The Morgan fingerprint density at radius 1 is 1.18 bits per heavy atom. The van der Waals surface area contributed by atoms with Crippen molar-refractivity contribution >= 4 is 15.9 Å². The number of nitrogens with one attached hydrogen (secondary N) is 1. The zero-order chi connectivity index (χ0) is 16.2. The summed E-state index contributed by atoms with van der Waals surface area (Å²) in [6.07, 6.45) is 3.25. The molecule has 0 atom stereocenters. The summed E-state index contributed by atoms with van der Waals surface area (Å²) in [5.41, 5.74) is 0.976. The predicted octanol–water partition coefficient (Wildman–Crippen LogP) is 1.93. The first-order chi connectivity index (χ1) is 10.5. The molecule has 0 aromatic heterocycles. The Morgan fingerprint density at radius 3 is 2.27 bits per heavy atom. The molecule has 5 nitrogen and oxygen atoms in total. The lowest BCUT2D eigenvalue weighted by Gasteiger charge is -2.18. The molecule has 0 spiro atoms. The van der Waals surface area contributed by atoms with E-state index in [-0.39, 0.29) is 5.91 Å². The molecular weight excluding hydrogens is 300 g/mol. The number of carbonyl (C=O) groups is 1. The van der Waals surface area contributed by atoms with Gasteiger partial charge in [0.1, 0.15) is 0 Å². The average Bonchev–Trinajstić information content (AvgIpc) is 3.30. The summed E-state index contributed by atoms with van der Waals surface area (Å²) < 4.78 is 26.2. The van der Waals surface area contributed by atoms with Gasteiger partial charge in [0.05, 0.1) is 4.90 Å². The zero-order valence-corrected chi connectivity index (χ0v) is 14.0. The Morgan fingerprint density at radius 2 is 1.77 bits per heavy atom. The van der Waals surface area contributed by atoms with Crippen molar-refractivity contribution in [3.63, 3.8) is 0 Å². The lowest BCUT2D eigenvalue weighted by molar-refractivity contribution is -0.121. The van der Waals surface area contributed by atoms with Crippen LogP contribution in [0.2, 0.25) is 0 Å². The fourth-order valence-electron chi connectivity index (χ4n) is 2.33. The van der Waals surface area contributed by atoms with Gasteiger partial charge in [-0.05, 0) is 37.0 Å². The van der Waals surface area contributed by atoms with E-state index < -0.39 is 10.0 Å². The van der Waals surface area contributed by atoms with E-state index >= 15 is 0 Å². The predicted molar refractivity (Wildman–Crippen MR) is 86.0 cm³/mol. The van der Waals surface area contributed by atoms with E-state index in [4.69, 9.17) is 0 Å². The molecule has 6 heteroatoms. The smallest absolute Gasteiger partial charge is 0.243 e. The number of amides is 1. The van der Waals surface area contributed by atoms with Crippen molar-refractivity contribution in [3.8, 4) is 0 Å². The monoisotopic (exact) mass is 324 g/mol. The van der Waals surface area contributed by atoms with Crippen LogP contribution in [0.15, 0.2) is 29.2 Å². The van der Waals surface area contributed by atoms with Crippen molar-refractivity contribution in [2.75, 3.05) is 13.1 Å². The molecule has 1 N–H and O–H groups in total. The minimum absolute atomic E-state index is 0.0716. The molecule has 1 fully saturated rings. The van der Waals surface area contributed by atoms with Gasteiger partial charge < -0.3 is 5.32 Å². The summed E-state index contributed by atoms with van der Waals surface area (Å²) in [5.74, 6) is 0.0716. The first kappa shape index (κ1) is 17.0. The molecule has 22 heavy (non-hydrogen) atoms. The summed E-state index contributed by atoms with van der Waals surface area (Å²) in [5, 5.41) is 2.95. The second-order valence-corrected chi connectivity index (χ2v) is 7.51. The van der Waals surface area contributed by atoms with Crippen LogP contribution in [0.1, 0.15) is 38.7 Å². The Hall–Kier alpha value is -1.40. The fraction of sp³-hybridized carbons (Fsp3) is 0.562. The van der Waals surface area contributed by atoms with Gasteiger partial charge in [-0.3, -0.25) is 4.79 Å². The number of aryl methyl sites for hydroxylation is 1. The van der Waals surface area contributed by atoms with Crippen LogP contribution in [0.25, 0.3) is 0 Å². The average molecular weight is 324 g/mol. The third-order valence-corrected chi connectivity index (χ3v) is 5.91. The summed E-state index contributed by atoms with van der Waals surface area (Å²) in [6, 6.07) is 7.22. The van der Waals surface area contributed by atoms with Gasteiger partial charge in [-0.15, -0.1) is 0 Å². The quantitative estimate of drug-likeness (QED) is 0.794. The maximum Gasteiger partial charge on any atom is 0.243 e. The molecule has 0 saturated heterocycles. The van der Waals surface area contributed by atoms with Crippen LogP contribution in [0.3, 0.4) is 0 Å². The minimum atomic E-state index is -3.40. The molecule has 1 aliphatic rings. The molecule has 1 aliphatic carbocycles. The summed E-state index contributed by atoms with van der Waals surface area (Å²) >= 11 is 0. The molecule has 1 aromatic carbocycles. The molecule has 1 aromatic rings. The van der Waals surface area contributed by atoms with E-state index in [9.17, 15) is 13.2 Å². The van der Waals surface area contributed by atoms with E-state index in [2.05, 4.69) is 5.32 Å². The Kier molecular flexibility index (Phi) is 5.58. The molecule has 1 saturated carbocycles. The molecule has 0 bridgehead atoms. The van der Waals surface area contributed by atoms with Crippen LogP contribution in [-0.4, -0.2) is 37.8 Å². The summed E-state index contributed by atoms with van der Waals surface area (Å²) in [7, 11) is -3.40. The van der Waals surface area contributed by atoms with E-state index in [0.717, 1.165) is 18.4 Å². The lowest BCUT2D eigenvalue weighted by atomic mass is 10.1. The third-order valence-electron chi connectivity index (χ3n) is 3.85. The maximum absolute atomic E-state index is 12.4. The van der Waals surface area contributed by atoms with E-state index in [1.807, 2.05) is 13.8 Å². The largest absolute Gasteiger partial charge is 0.353 e. The molecule has 122 valence electrons. The number of sulfonamides is 1. The Bertz CT molecular complexity index is 603. The van der Waals surface area contributed by atoms with E-state index in [1.54, 1.807) is 24.3 Å². The van der Waals surface area contributed by atoms with Crippen molar-refractivity contribution < 1.29 is 13.2 Å². The van der Waals surface area contributed by atoms with Crippen LogP contribution in [0.4, 0.5) is 0 Å². The maximum atomic E-state index is 12.4. The molecule has 0 radical (unpaired) electrons. The van der Waals surface area contributed by atoms with Gasteiger partial charge in [0.25, 0.3) is 0 Å². The number of hydrogen-bond acceptors (Lipinski definition) is 3. The van der Waals surface area contributed by atoms with Gasteiger partial charge in [-0.1, -0.05) is 26.0 Å². The molecule has 0 unspecified atom stereocenters. The SMILES string of the molecule is CCN(CC)S(=O)(=O)c1ccc(CCC(=O)NC2CC2)cc1. The van der Waals surface area contributed by atoms with Gasteiger partial charge in [0.2, 0.25) is 15.9 Å². The fourth-order valence-corrected chi connectivity index (χ4v) is 3.78. The van der Waals surface area contributed by atoms with E-state index in [0.29, 0.717) is 36.9 Å². The number of hydrogen-bond donors (Lipinski definition) is 1. The molecule has 0 heterocycles. The van der Waals surface area contributed by atoms with Gasteiger partial charge in [-0.2, -0.15) is 4.31 Å². The second-order valence-electron chi connectivity index (χ2n) is 5.58. The zero-order valence-electron chi connectivity index (χ0n) is 13.2. The van der Waals surface area contributed by atoms with Crippen molar-refractivity contribution in [2.24, 2.45) is 0 Å².